The van der Waals surface area contributed by atoms with E-state index in [1.54, 1.807) is 19.1 Å². The number of hydrogen-bond acceptors (Lipinski definition) is 5. The van der Waals surface area contributed by atoms with Crippen LogP contribution in [0, 0.1) is 0 Å². The molecule has 2 atom stereocenters. The number of amides is 2. The number of carbonyl (C=O) groups excluding carboxylic acids is 2. The number of carbonyl (C=O) groups is 2. The van der Waals surface area contributed by atoms with Crippen molar-refractivity contribution in [2.75, 3.05) is 6.61 Å². The lowest BCUT2D eigenvalue weighted by molar-refractivity contribution is -0.132. The second kappa shape index (κ2) is 15.0. The van der Waals surface area contributed by atoms with E-state index < -0.39 is 24.0 Å². The zero-order valence-electron chi connectivity index (χ0n) is 21.3. The maximum Gasteiger partial charge on any atom is 0.262 e. The molecule has 0 saturated heterocycles. The molecule has 0 aliphatic heterocycles. The van der Waals surface area contributed by atoms with Gasteiger partial charge in [0.15, 0.2) is 6.10 Å². The molecule has 200 valence electrons. The lowest BCUT2D eigenvalue weighted by Crippen LogP contribution is -2.50. The maximum absolute atomic E-state index is 13.0. The highest BCUT2D eigenvalue weighted by Crippen LogP contribution is 2.28. The smallest absolute Gasteiger partial charge is 0.262 e. The molecule has 38 heavy (non-hydrogen) atoms. The molecule has 2 amide bonds. The Kier molecular flexibility index (Phi) is 11.5. The first-order valence-electron chi connectivity index (χ1n) is 12.4. The molecule has 0 spiro atoms. The van der Waals surface area contributed by atoms with Gasteiger partial charge in [-0.05, 0) is 66.9 Å². The highest BCUT2D eigenvalue weighted by atomic mass is 35.5. The minimum atomic E-state index is -0.915. The van der Waals surface area contributed by atoms with Crippen molar-refractivity contribution in [3.05, 3.63) is 94.0 Å². The summed E-state index contributed by atoms with van der Waals surface area (Å²) in [6.45, 7) is 4.36. The number of rotatable bonds is 13. The summed E-state index contributed by atoms with van der Waals surface area (Å²) in [5.74, 6) is 0.153. The van der Waals surface area contributed by atoms with Gasteiger partial charge in [0.05, 0.1) is 17.8 Å². The van der Waals surface area contributed by atoms with Crippen molar-refractivity contribution >= 4 is 41.2 Å². The molecule has 0 bridgehead atoms. The average molecular weight is 556 g/mol. The van der Waals surface area contributed by atoms with Crippen molar-refractivity contribution in [2.45, 2.75) is 45.3 Å². The van der Waals surface area contributed by atoms with Crippen molar-refractivity contribution in [2.24, 2.45) is 5.10 Å². The summed E-state index contributed by atoms with van der Waals surface area (Å²) in [6, 6.07) is 20.6. The third-order valence-corrected chi connectivity index (χ3v) is 6.05. The van der Waals surface area contributed by atoms with Gasteiger partial charge in [-0.2, -0.15) is 5.10 Å². The average Bonchev–Trinajstić information content (AvgIpc) is 2.91. The number of nitrogens with zero attached hydrogens (tertiary/aromatic N) is 1. The lowest BCUT2D eigenvalue weighted by Gasteiger charge is -2.21. The molecule has 0 unspecified atom stereocenters. The van der Waals surface area contributed by atoms with Crippen LogP contribution in [0.1, 0.15) is 37.8 Å². The van der Waals surface area contributed by atoms with E-state index in [-0.39, 0.29) is 11.4 Å². The Hall–Kier alpha value is -3.55. The van der Waals surface area contributed by atoms with Crippen LogP contribution >= 0.6 is 23.2 Å². The van der Waals surface area contributed by atoms with Gasteiger partial charge < -0.3 is 14.8 Å². The summed E-state index contributed by atoms with van der Waals surface area (Å²) in [4.78, 5) is 25.9. The molecular weight excluding hydrogens is 525 g/mol. The molecule has 7 nitrogen and oxygen atoms in total. The van der Waals surface area contributed by atoms with E-state index in [1.165, 1.54) is 12.3 Å². The second-order valence-corrected chi connectivity index (χ2v) is 9.43. The van der Waals surface area contributed by atoms with Crippen LogP contribution in [0.15, 0.2) is 77.9 Å². The number of benzene rings is 3. The lowest BCUT2D eigenvalue weighted by atomic mass is 10.1. The Bertz CT molecular complexity index is 1220. The van der Waals surface area contributed by atoms with Crippen LogP contribution in [0.4, 0.5) is 0 Å². The minimum absolute atomic E-state index is 0.270. The molecule has 3 aromatic carbocycles. The first-order valence-corrected chi connectivity index (χ1v) is 13.1. The van der Waals surface area contributed by atoms with E-state index in [0.717, 1.165) is 29.7 Å². The molecule has 0 aromatic heterocycles. The Morgan fingerprint density at radius 2 is 1.74 bits per heavy atom. The van der Waals surface area contributed by atoms with E-state index in [4.69, 9.17) is 32.7 Å². The van der Waals surface area contributed by atoms with Gasteiger partial charge in [0.1, 0.15) is 17.5 Å². The molecular formula is C29H31Cl2N3O4. The van der Waals surface area contributed by atoms with Crippen LogP contribution in [0.2, 0.25) is 10.0 Å². The van der Waals surface area contributed by atoms with Crippen LogP contribution in [0.3, 0.4) is 0 Å². The van der Waals surface area contributed by atoms with E-state index in [2.05, 4.69) is 22.8 Å². The van der Waals surface area contributed by atoms with Gasteiger partial charge in [0.2, 0.25) is 0 Å². The Morgan fingerprint density at radius 3 is 2.42 bits per heavy atom. The second-order valence-electron chi connectivity index (χ2n) is 8.59. The summed E-state index contributed by atoms with van der Waals surface area (Å²) in [5, 5.41) is 7.57. The summed E-state index contributed by atoms with van der Waals surface area (Å²) in [5.41, 5.74) is 4.20. The van der Waals surface area contributed by atoms with Crippen LogP contribution < -0.4 is 20.2 Å². The number of ether oxygens (including phenoxy) is 2. The minimum Gasteiger partial charge on any atom is -0.494 e. The quantitative estimate of drug-likeness (QED) is 0.158. The van der Waals surface area contributed by atoms with Crippen molar-refractivity contribution in [3.8, 4) is 11.5 Å². The Labute approximate surface area is 233 Å². The van der Waals surface area contributed by atoms with Gasteiger partial charge in [-0.25, -0.2) is 5.43 Å². The van der Waals surface area contributed by atoms with Crippen LogP contribution in [-0.2, 0) is 16.0 Å². The fourth-order valence-corrected chi connectivity index (χ4v) is 3.85. The number of unbranched alkanes of at least 4 members (excludes halogenated alkanes) is 1. The normalized spacial score (nSPS) is 12.5. The highest BCUT2D eigenvalue weighted by molar-refractivity contribution is 6.35. The van der Waals surface area contributed by atoms with Gasteiger partial charge in [-0.15, -0.1) is 0 Å². The Balaban J connectivity index is 1.63. The Morgan fingerprint density at radius 1 is 1.00 bits per heavy atom. The molecule has 3 rings (SSSR count). The molecule has 9 heteroatoms. The first kappa shape index (κ1) is 29.0. The SMILES string of the molecule is CCCCOc1ccc(/C=N\NC(=O)[C@@H](Cc2ccccc2)NC(=O)[C@H](C)Oc2ccc(Cl)cc2Cl)cc1. The number of hydrogen-bond donors (Lipinski definition) is 2. The van der Waals surface area contributed by atoms with E-state index in [9.17, 15) is 9.59 Å². The van der Waals surface area contributed by atoms with Gasteiger partial charge in [-0.3, -0.25) is 9.59 Å². The van der Waals surface area contributed by atoms with Crippen molar-refractivity contribution in [1.82, 2.24) is 10.7 Å². The van der Waals surface area contributed by atoms with Crippen LogP contribution in [0.25, 0.3) is 0 Å². The molecule has 0 saturated carbocycles. The maximum atomic E-state index is 13.0. The zero-order chi connectivity index (χ0) is 27.3. The zero-order valence-corrected chi connectivity index (χ0v) is 22.8. The van der Waals surface area contributed by atoms with Gasteiger partial charge in [0, 0.05) is 11.4 Å². The summed E-state index contributed by atoms with van der Waals surface area (Å²) < 4.78 is 11.4. The predicted octanol–water partition coefficient (Wildman–Crippen LogP) is 5.82. The van der Waals surface area contributed by atoms with Crippen molar-refractivity contribution in [3.63, 3.8) is 0 Å². The standard InChI is InChI=1S/C29H31Cl2N3O4/c1-3-4-16-37-24-13-10-22(11-14-24)19-32-34-29(36)26(17-21-8-6-5-7-9-21)33-28(35)20(2)38-27-15-12-23(30)18-25(27)31/h5-15,18-20,26H,3-4,16-17H2,1-2H3,(H,33,35)(H,34,36)/b32-19-/t20-,26+/m0/s1. The molecule has 0 radical (unpaired) electrons. The van der Waals surface area contributed by atoms with Gasteiger partial charge in [0.25, 0.3) is 11.8 Å². The fraction of sp³-hybridized carbons (Fsp3) is 0.276. The molecule has 0 aliphatic carbocycles. The van der Waals surface area contributed by atoms with Gasteiger partial charge in [-0.1, -0.05) is 66.9 Å². The summed E-state index contributed by atoms with van der Waals surface area (Å²) in [7, 11) is 0. The molecule has 3 aromatic rings. The largest absolute Gasteiger partial charge is 0.494 e. The molecule has 0 heterocycles. The highest BCUT2D eigenvalue weighted by Gasteiger charge is 2.25. The van der Waals surface area contributed by atoms with E-state index >= 15 is 0 Å². The third kappa shape index (κ3) is 9.39. The first-order chi connectivity index (χ1) is 18.4. The van der Waals surface area contributed by atoms with Gasteiger partial charge >= 0.3 is 0 Å². The van der Waals surface area contributed by atoms with Crippen molar-refractivity contribution < 1.29 is 19.1 Å². The summed E-state index contributed by atoms with van der Waals surface area (Å²) >= 11 is 12.1. The van der Waals surface area contributed by atoms with Crippen LogP contribution in [-0.4, -0.2) is 36.8 Å². The van der Waals surface area contributed by atoms with Crippen LogP contribution in [0.5, 0.6) is 11.5 Å². The number of nitrogens with one attached hydrogen (secondary N) is 2. The number of halogens is 2. The molecule has 2 N–H and O–H groups in total. The fourth-order valence-electron chi connectivity index (χ4n) is 3.40. The van der Waals surface area contributed by atoms with Crippen molar-refractivity contribution in [1.29, 1.82) is 0 Å². The molecule has 0 aliphatic rings. The molecule has 0 fully saturated rings. The monoisotopic (exact) mass is 555 g/mol. The topological polar surface area (TPSA) is 89.0 Å². The van der Waals surface area contributed by atoms with E-state index in [0.29, 0.717) is 17.4 Å². The predicted molar refractivity (Wildman–Crippen MR) is 151 cm³/mol. The van der Waals surface area contributed by atoms with E-state index in [1.807, 2.05) is 54.6 Å². The number of hydrazone groups is 1. The summed E-state index contributed by atoms with van der Waals surface area (Å²) in [6.07, 6.45) is 2.95. The third-order valence-electron chi connectivity index (χ3n) is 5.52.